The lowest BCUT2D eigenvalue weighted by Gasteiger charge is -2.08. The number of carboxylic acids is 1. The number of amides is 1. The number of anilines is 1. The van der Waals surface area contributed by atoms with Gasteiger partial charge < -0.3 is 15.5 Å². The Morgan fingerprint density at radius 1 is 1.00 bits per heavy atom. The van der Waals surface area contributed by atoms with Gasteiger partial charge in [-0.15, -0.1) is 22.7 Å². The van der Waals surface area contributed by atoms with E-state index in [1.807, 2.05) is 0 Å². The molecule has 0 atom stereocenters. The number of hydrogen-bond acceptors (Lipinski definition) is 5. The first-order chi connectivity index (χ1) is 12.7. The fourth-order valence-electron chi connectivity index (χ4n) is 2.47. The van der Waals surface area contributed by atoms with Gasteiger partial charge in [-0.05, 0) is 24.8 Å². The Kier molecular flexibility index (Phi) is 4.99. The maximum absolute atomic E-state index is 14.3. The first-order valence-electron chi connectivity index (χ1n) is 7.60. The molecule has 140 valence electrons. The molecule has 9 heteroatoms. The van der Waals surface area contributed by atoms with Gasteiger partial charge >= 0.3 is 5.97 Å². The van der Waals surface area contributed by atoms with Gasteiger partial charge in [0.15, 0.2) is 11.6 Å². The van der Waals surface area contributed by atoms with Crippen molar-refractivity contribution in [1.82, 2.24) is 0 Å². The number of carboxylic acid groups (broad SMARTS) is 1. The Morgan fingerprint density at radius 3 is 2.30 bits per heavy atom. The summed E-state index contributed by atoms with van der Waals surface area (Å²) < 4.78 is 28.2. The van der Waals surface area contributed by atoms with Crippen LogP contribution in [0.25, 0.3) is 11.1 Å². The van der Waals surface area contributed by atoms with E-state index in [4.69, 9.17) is 0 Å². The first kappa shape index (κ1) is 19.0. The molecular weight excluding hydrogens is 396 g/mol. The monoisotopic (exact) mass is 409 g/mol. The van der Waals surface area contributed by atoms with Gasteiger partial charge in [-0.1, -0.05) is 12.1 Å². The number of aromatic carboxylic acids is 1. The number of hydrogen-bond donors (Lipinski definition) is 3. The molecular formula is C18H13F2NO4S2. The maximum atomic E-state index is 14.3. The average molecular weight is 409 g/mol. The van der Waals surface area contributed by atoms with Crippen molar-refractivity contribution in [2.45, 2.75) is 13.8 Å². The molecule has 0 unspecified atom stereocenters. The molecule has 1 aromatic carbocycles. The Morgan fingerprint density at radius 2 is 1.70 bits per heavy atom. The lowest BCUT2D eigenvalue weighted by molar-refractivity contribution is 0.0699. The van der Waals surface area contributed by atoms with Crippen molar-refractivity contribution >= 4 is 39.6 Å². The van der Waals surface area contributed by atoms with E-state index < -0.39 is 23.5 Å². The second-order valence-corrected chi connectivity index (χ2v) is 7.53. The average Bonchev–Trinajstić information content (AvgIpc) is 3.17. The van der Waals surface area contributed by atoms with Gasteiger partial charge in [-0.25, -0.2) is 13.6 Å². The smallest absolute Gasteiger partial charge is 0.339 e. The third-order valence-electron chi connectivity index (χ3n) is 3.95. The summed E-state index contributed by atoms with van der Waals surface area (Å²) >= 11 is 1.89. The van der Waals surface area contributed by atoms with E-state index in [-0.39, 0.29) is 37.9 Å². The van der Waals surface area contributed by atoms with Crippen LogP contribution >= 0.6 is 22.7 Å². The highest BCUT2D eigenvalue weighted by atomic mass is 32.1. The van der Waals surface area contributed by atoms with Crippen molar-refractivity contribution in [3.05, 3.63) is 56.1 Å². The Bertz CT molecular complexity index is 1070. The van der Waals surface area contributed by atoms with E-state index in [2.05, 4.69) is 5.32 Å². The standard InChI is InChI=1S/C18H13F2NO4S2/c1-7-3-4-9(13(20)12(7)19)10-6-27-17(11(10)18(24)25)21-16(23)15-14(22)8(2)5-26-15/h3-6,22H,1-2H3,(H,21,23)(H,24,25). The molecule has 2 heterocycles. The molecule has 3 aromatic rings. The number of halogens is 2. The number of carbonyl (C=O) groups is 2. The summed E-state index contributed by atoms with van der Waals surface area (Å²) in [5, 5.41) is 24.8. The molecule has 0 spiro atoms. The zero-order chi connectivity index (χ0) is 19.9. The zero-order valence-corrected chi connectivity index (χ0v) is 15.7. The molecule has 0 radical (unpaired) electrons. The topological polar surface area (TPSA) is 86.6 Å². The third kappa shape index (κ3) is 3.31. The van der Waals surface area contributed by atoms with Crippen molar-refractivity contribution in [3.63, 3.8) is 0 Å². The van der Waals surface area contributed by atoms with Crippen LogP contribution in [-0.4, -0.2) is 22.1 Å². The van der Waals surface area contributed by atoms with Crippen molar-refractivity contribution in [2.75, 3.05) is 5.32 Å². The number of aryl methyl sites for hydroxylation is 2. The lowest BCUT2D eigenvalue weighted by atomic mass is 10.0. The summed E-state index contributed by atoms with van der Waals surface area (Å²) in [4.78, 5) is 24.1. The maximum Gasteiger partial charge on any atom is 0.339 e. The highest BCUT2D eigenvalue weighted by molar-refractivity contribution is 7.16. The summed E-state index contributed by atoms with van der Waals surface area (Å²) in [6, 6.07) is 2.64. The number of rotatable bonds is 4. The molecule has 5 nitrogen and oxygen atoms in total. The lowest BCUT2D eigenvalue weighted by Crippen LogP contribution is -2.12. The molecule has 0 saturated carbocycles. The third-order valence-corrected chi connectivity index (χ3v) is 5.93. The number of benzene rings is 1. The van der Waals surface area contributed by atoms with Gasteiger partial charge in [0.05, 0.1) is 0 Å². The molecule has 0 aliphatic rings. The first-order valence-corrected chi connectivity index (χ1v) is 9.36. The molecule has 3 rings (SSSR count). The molecule has 0 aliphatic heterocycles. The second kappa shape index (κ2) is 7.09. The normalized spacial score (nSPS) is 10.8. The predicted octanol–water partition coefficient (Wildman–Crippen LogP) is 5.03. The molecule has 0 saturated heterocycles. The number of carbonyl (C=O) groups excluding carboxylic acids is 1. The van der Waals surface area contributed by atoms with Crippen LogP contribution in [0.5, 0.6) is 5.75 Å². The molecule has 0 bridgehead atoms. The summed E-state index contributed by atoms with van der Waals surface area (Å²) in [5.74, 6) is -4.47. The highest BCUT2D eigenvalue weighted by Crippen LogP contribution is 2.38. The highest BCUT2D eigenvalue weighted by Gasteiger charge is 2.25. The quantitative estimate of drug-likeness (QED) is 0.564. The fourth-order valence-corrected chi connectivity index (χ4v) is 4.26. The van der Waals surface area contributed by atoms with Crippen LogP contribution in [0.4, 0.5) is 13.8 Å². The SMILES string of the molecule is Cc1csc(C(=O)Nc2scc(-c3ccc(C)c(F)c3F)c2C(=O)O)c1O. The minimum Gasteiger partial charge on any atom is -0.506 e. The van der Waals surface area contributed by atoms with Crippen LogP contribution in [0.15, 0.2) is 22.9 Å². The van der Waals surface area contributed by atoms with Crippen molar-refractivity contribution in [2.24, 2.45) is 0 Å². The molecule has 27 heavy (non-hydrogen) atoms. The van der Waals surface area contributed by atoms with Crippen LogP contribution in [0, 0.1) is 25.5 Å². The molecule has 3 N–H and O–H groups in total. The molecule has 0 fully saturated rings. The number of thiophene rings is 2. The Hall–Kier alpha value is -2.78. The van der Waals surface area contributed by atoms with Crippen LogP contribution < -0.4 is 5.32 Å². The van der Waals surface area contributed by atoms with Gasteiger partial charge in [-0.3, -0.25) is 4.79 Å². The van der Waals surface area contributed by atoms with E-state index in [1.54, 1.807) is 12.3 Å². The zero-order valence-electron chi connectivity index (χ0n) is 14.1. The molecule has 0 aliphatic carbocycles. The van der Waals surface area contributed by atoms with E-state index >= 15 is 0 Å². The van der Waals surface area contributed by atoms with E-state index in [0.29, 0.717) is 5.56 Å². The summed E-state index contributed by atoms with van der Waals surface area (Å²) in [6.45, 7) is 3.03. The number of nitrogens with one attached hydrogen (secondary N) is 1. The minimum absolute atomic E-state index is 0.0337. The van der Waals surface area contributed by atoms with Crippen LogP contribution in [0.2, 0.25) is 0 Å². The van der Waals surface area contributed by atoms with Crippen LogP contribution in [0.3, 0.4) is 0 Å². The Balaban J connectivity index is 2.05. The predicted molar refractivity (Wildman–Crippen MR) is 100 cm³/mol. The van der Waals surface area contributed by atoms with E-state index in [9.17, 15) is 28.6 Å². The van der Waals surface area contributed by atoms with Crippen molar-refractivity contribution in [3.8, 4) is 16.9 Å². The molecule has 2 aromatic heterocycles. The van der Waals surface area contributed by atoms with Gasteiger partial charge in [0.2, 0.25) is 0 Å². The summed E-state index contributed by atoms with van der Waals surface area (Å²) in [7, 11) is 0. The van der Waals surface area contributed by atoms with Gasteiger partial charge in [0, 0.05) is 22.1 Å². The van der Waals surface area contributed by atoms with E-state index in [0.717, 1.165) is 22.7 Å². The number of aromatic hydroxyl groups is 1. The second-order valence-electron chi connectivity index (χ2n) is 5.77. The fraction of sp³-hybridized carbons (Fsp3) is 0.111. The van der Waals surface area contributed by atoms with Crippen molar-refractivity contribution < 1.29 is 28.6 Å². The Labute approximate surface area is 160 Å². The van der Waals surface area contributed by atoms with Crippen LogP contribution in [-0.2, 0) is 0 Å². The van der Waals surface area contributed by atoms with E-state index in [1.165, 1.54) is 24.4 Å². The van der Waals surface area contributed by atoms with Crippen LogP contribution in [0.1, 0.15) is 31.2 Å². The van der Waals surface area contributed by atoms with Gasteiger partial charge in [0.25, 0.3) is 5.91 Å². The minimum atomic E-state index is -1.39. The summed E-state index contributed by atoms with van der Waals surface area (Å²) in [6.07, 6.45) is 0. The van der Waals surface area contributed by atoms with Crippen molar-refractivity contribution in [1.29, 1.82) is 0 Å². The van der Waals surface area contributed by atoms with Gasteiger partial charge in [0.1, 0.15) is 21.2 Å². The largest absolute Gasteiger partial charge is 0.506 e. The van der Waals surface area contributed by atoms with Gasteiger partial charge in [-0.2, -0.15) is 0 Å². The summed E-state index contributed by atoms with van der Waals surface area (Å²) in [5.41, 5.74) is 0.0317. The molecule has 1 amide bonds.